The molecule has 0 spiro atoms. The van der Waals surface area contributed by atoms with Gasteiger partial charge in [-0.3, -0.25) is 19.6 Å². The van der Waals surface area contributed by atoms with E-state index in [4.69, 9.17) is 11.5 Å². The Balaban J connectivity index is 2.19. The second kappa shape index (κ2) is 11.4. The number of nitrogens with zero attached hydrogens (tertiary/aromatic N) is 4. The third-order valence-corrected chi connectivity index (χ3v) is 9.58. The zero-order valence-corrected chi connectivity index (χ0v) is 24.6. The van der Waals surface area contributed by atoms with E-state index in [-0.39, 0.29) is 22.2 Å². The second-order valence-electron chi connectivity index (χ2n) is 13.8. The molecule has 0 radical (unpaired) electrons. The van der Waals surface area contributed by atoms with Crippen LogP contribution in [0.25, 0.3) is 0 Å². The Kier molecular flexibility index (Phi) is 10.1. The summed E-state index contributed by atoms with van der Waals surface area (Å²) in [6, 6.07) is 1.21. The summed E-state index contributed by atoms with van der Waals surface area (Å²) in [6.45, 7) is 25.3. The van der Waals surface area contributed by atoms with Gasteiger partial charge in [0, 0.05) is 47.3 Å². The van der Waals surface area contributed by atoms with Crippen LogP contribution in [0.4, 0.5) is 0 Å². The molecule has 34 heavy (non-hydrogen) atoms. The molecule has 2 fully saturated rings. The van der Waals surface area contributed by atoms with Crippen LogP contribution in [0.5, 0.6) is 0 Å². The standard InChI is InChI=1S/C28H60N6/c1-25(2)19-23(20-26(3,4)31(25)9)33(15-11-13-29)17-18-34(16-12-14-30)24-21-27(5,6)32(10)28(7,8)22-24/h23-24H,11-22,29-30H2,1-10H3. The Morgan fingerprint density at radius 3 is 1.06 bits per heavy atom. The lowest BCUT2D eigenvalue weighted by Crippen LogP contribution is -2.64. The van der Waals surface area contributed by atoms with E-state index in [0.717, 1.165) is 52.1 Å². The van der Waals surface area contributed by atoms with Crippen molar-refractivity contribution < 1.29 is 0 Å². The summed E-state index contributed by atoms with van der Waals surface area (Å²) in [5, 5.41) is 0. The van der Waals surface area contributed by atoms with Crippen LogP contribution >= 0.6 is 0 Å². The van der Waals surface area contributed by atoms with E-state index in [1.54, 1.807) is 0 Å². The number of piperidine rings is 2. The van der Waals surface area contributed by atoms with Gasteiger partial charge < -0.3 is 11.5 Å². The Hall–Kier alpha value is -0.240. The minimum absolute atomic E-state index is 0.203. The molecule has 0 aromatic rings. The predicted octanol–water partition coefficient (Wildman–Crippen LogP) is 3.59. The molecule has 202 valence electrons. The van der Waals surface area contributed by atoms with Crippen LogP contribution in [0, 0.1) is 0 Å². The molecule has 0 aromatic heterocycles. The van der Waals surface area contributed by atoms with Crippen LogP contribution in [0.1, 0.15) is 93.9 Å². The first-order valence-electron chi connectivity index (χ1n) is 13.9. The van der Waals surface area contributed by atoms with Crippen molar-refractivity contribution in [3.05, 3.63) is 0 Å². The first-order valence-corrected chi connectivity index (χ1v) is 13.9. The molecule has 6 heteroatoms. The van der Waals surface area contributed by atoms with Crippen molar-refractivity contribution in [3.8, 4) is 0 Å². The van der Waals surface area contributed by atoms with Gasteiger partial charge >= 0.3 is 0 Å². The Morgan fingerprint density at radius 2 is 0.824 bits per heavy atom. The van der Waals surface area contributed by atoms with E-state index in [9.17, 15) is 0 Å². The quantitative estimate of drug-likeness (QED) is 0.471. The Labute approximate surface area is 212 Å². The molecular formula is C28H60N6. The average molecular weight is 481 g/mol. The minimum Gasteiger partial charge on any atom is -0.330 e. The number of nitrogens with two attached hydrogens (primary N) is 2. The molecular weight excluding hydrogens is 420 g/mol. The number of hydrogen-bond donors (Lipinski definition) is 2. The van der Waals surface area contributed by atoms with Crippen molar-refractivity contribution in [2.75, 3.05) is 53.4 Å². The molecule has 2 rings (SSSR count). The molecule has 6 nitrogen and oxygen atoms in total. The van der Waals surface area contributed by atoms with Crippen molar-refractivity contribution in [3.63, 3.8) is 0 Å². The first kappa shape index (κ1) is 30.0. The van der Waals surface area contributed by atoms with Gasteiger partial charge in [0.15, 0.2) is 0 Å². The van der Waals surface area contributed by atoms with E-state index >= 15 is 0 Å². The molecule has 2 aliphatic rings. The summed E-state index contributed by atoms with van der Waals surface area (Å²) in [5.41, 5.74) is 12.8. The summed E-state index contributed by atoms with van der Waals surface area (Å²) >= 11 is 0. The highest BCUT2D eigenvalue weighted by atomic mass is 15.3. The van der Waals surface area contributed by atoms with E-state index in [1.807, 2.05) is 0 Å². The van der Waals surface area contributed by atoms with Gasteiger partial charge in [-0.15, -0.1) is 0 Å². The van der Waals surface area contributed by atoms with Gasteiger partial charge in [0.2, 0.25) is 0 Å². The van der Waals surface area contributed by atoms with Crippen molar-refractivity contribution in [2.24, 2.45) is 11.5 Å². The lowest BCUT2D eigenvalue weighted by molar-refractivity contribution is -0.0597. The highest BCUT2D eigenvalue weighted by molar-refractivity contribution is 5.03. The van der Waals surface area contributed by atoms with E-state index in [0.29, 0.717) is 12.1 Å². The predicted molar refractivity (Wildman–Crippen MR) is 148 cm³/mol. The normalized spacial score (nSPS) is 25.9. The highest BCUT2D eigenvalue weighted by Crippen LogP contribution is 2.40. The van der Waals surface area contributed by atoms with E-state index < -0.39 is 0 Å². The fraction of sp³-hybridized carbons (Fsp3) is 1.00. The van der Waals surface area contributed by atoms with Crippen molar-refractivity contribution in [1.29, 1.82) is 0 Å². The lowest BCUT2D eigenvalue weighted by atomic mass is 9.76. The lowest BCUT2D eigenvalue weighted by Gasteiger charge is -2.56. The second-order valence-corrected chi connectivity index (χ2v) is 13.8. The van der Waals surface area contributed by atoms with Crippen molar-refractivity contribution in [2.45, 2.75) is 128 Å². The van der Waals surface area contributed by atoms with Gasteiger partial charge in [0.25, 0.3) is 0 Å². The molecule has 2 heterocycles. The van der Waals surface area contributed by atoms with Gasteiger partial charge in [0.1, 0.15) is 0 Å². The van der Waals surface area contributed by atoms with Gasteiger partial charge in [0.05, 0.1) is 0 Å². The van der Waals surface area contributed by atoms with E-state index in [1.165, 1.54) is 25.7 Å². The minimum atomic E-state index is 0.203. The van der Waals surface area contributed by atoms with Crippen LogP contribution in [0.3, 0.4) is 0 Å². The summed E-state index contributed by atoms with van der Waals surface area (Å²) < 4.78 is 0. The third kappa shape index (κ3) is 7.17. The molecule has 0 unspecified atom stereocenters. The molecule has 0 saturated carbocycles. The number of rotatable bonds is 11. The highest BCUT2D eigenvalue weighted by Gasteiger charge is 2.46. The Morgan fingerprint density at radius 1 is 0.559 bits per heavy atom. The van der Waals surface area contributed by atoms with E-state index in [2.05, 4.69) is 89.1 Å². The molecule has 4 N–H and O–H groups in total. The maximum absolute atomic E-state index is 5.98. The summed E-state index contributed by atoms with van der Waals surface area (Å²) in [5.74, 6) is 0. The zero-order valence-electron chi connectivity index (χ0n) is 24.6. The fourth-order valence-electron chi connectivity index (χ4n) is 6.95. The van der Waals surface area contributed by atoms with Crippen molar-refractivity contribution >= 4 is 0 Å². The average Bonchev–Trinajstić information content (AvgIpc) is 2.71. The molecule has 0 amide bonds. The largest absolute Gasteiger partial charge is 0.330 e. The molecule has 2 aliphatic heterocycles. The van der Waals surface area contributed by atoms with Crippen LogP contribution in [-0.2, 0) is 0 Å². The molecule has 0 bridgehead atoms. The number of likely N-dealkylation sites (tertiary alicyclic amines) is 2. The molecule has 0 aromatic carbocycles. The maximum Gasteiger partial charge on any atom is 0.0170 e. The maximum atomic E-state index is 5.98. The zero-order chi connectivity index (χ0) is 25.9. The van der Waals surface area contributed by atoms with Crippen LogP contribution in [0.15, 0.2) is 0 Å². The summed E-state index contributed by atoms with van der Waals surface area (Å²) in [7, 11) is 4.61. The Bertz CT molecular complexity index is 538. The fourth-order valence-corrected chi connectivity index (χ4v) is 6.95. The van der Waals surface area contributed by atoms with Gasteiger partial charge in [-0.2, -0.15) is 0 Å². The van der Waals surface area contributed by atoms with Gasteiger partial charge in [-0.25, -0.2) is 0 Å². The molecule has 2 saturated heterocycles. The summed E-state index contributed by atoms with van der Waals surface area (Å²) in [6.07, 6.45) is 7.01. The first-order chi connectivity index (χ1) is 15.6. The van der Waals surface area contributed by atoms with Crippen LogP contribution in [0.2, 0.25) is 0 Å². The third-order valence-electron chi connectivity index (χ3n) is 9.58. The van der Waals surface area contributed by atoms with Gasteiger partial charge in [-0.05, 0) is 134 Å². The monoisotopic (exact) mass is 480 g/mol. The van der Waals surface area contributed by atoms with Crippen LogP contribution in [-0.4, -0.2) is 107 Å². The summed E-state index contributed by atoms with van der Waals surface area (Å²) in [4.78, 5) is 10.7. The SMILES string of the molecule is CN1C(C)(C)CC(N(CCCN)CCN(CCCN)C2CC(C)(C)N(C)C(C)(C)C2)CC1(C)C. The number of hydrogen-bond acceptors (Lipinski definition) is 6. The van der Waals surface area contributed by atoms with Crippen LogP contribution < -0.4 is 11.5 Å². The smallest absolute Gasteiger partial charge is 0.0170 e. The topological polar surface area (TPSA) is 65.0 Å². The molecule has 0 aliphatic carbocycles. The van der Waals surface area contributed by atoms with Crippen molar-refractivity contribution in [1.82, 2.24) is 19.6 Å². The molecule has 0 atom stereocenters. The van der Waals surface area contributed by atoms with Gasteiger partial charge in [-0.1, -0.05) is 0 Å².